The van der Waals surface area contributed by atoms with E-state index in [9.17, 15) is 4.79 Å². The summed E-state index contributed by atoms with van der Waals surface area (Å²) in [7, 11) is 0. The average molecular weight is 446 g/mol. The van der Waals surface area contributed by atoms with Gasteiger partial charge in [0.2, 0.25) is 11.1 Å². The first-order valence-corrected chi connectivity index (χ1v) is 10.5. The van der Waals surface area contributed by atoms with Crippen molar-refractivity contribution in [1.29, 1.82) is 0 Å². The summed E-state index contributed by atoms with van der Waals surface area (Å²) in [5.41, 5.74) is 4.07. The Hall–Kier alpha value is -2.19. The normalized spacial score (nSPS) is 10.8. The number of amides is 1. The maximum atomic E-state index is 12.5. The molecule has 0 saturated carbocycles. The Kier molecular flexibility index (Phi) is 6.63. The van der Waals surface area contributed by atoms with E-state index in [2.05, 4.69) is 62.8 Å². The van der Waals surface area contributed by atoms with Gasteiger partial charge in [-0.05, 0) is 58.7 Å². The highest BCUT2D eigenvalue weighted by molar-refractivity contribution is 9.10. The van der Waals surface area contributed by atoms with Crippen molar-refractivity contribution in [1.82, 2.24) is 20.2 Å². The van der Waals surface area contributed by atoms with Crippen LogP contribution in [-0.2, 0) is 17.6 Å². The van der Waals surface area contributed by atoms with Crippen molar-refractivity contribution >= 4 is 39.3 Å². The molecule has 0 fully saturated rings. The Balaban J connectivity index is 1.69. The summed E-state index contributed by atoms with van der Waals surface area (Å²) >= 11 is 4.72. The highest BCUT2D eigenvalue weighted by atomic mass is 79.9. The van der Waals surface area contributed by atoms with Gasteiger partial charge in [0.25, 0.3) is 0 Å². The lowest BCUT2D eigenvalue weighted by Crippen LogP contribution is -2.17. The lowest BCUT2D eigenvalue weighted by Gasteiger charge is -2.14. The van der Waals surface area contributed by atoms with Crippen molar-refractivity contribution < 1.29 is 4.79 Å². The molecule has 1 amide bonds. The van der Waals surface area contributed by atoms with E-state index in [1.807, 2.05) is 30.3 Å². The number of para-hydroxylation sites is 1. The first kappa shape index (κ1) is 19.6. The molecular weight excluding hydrogens is 426 g/mol. The Morgan fingerprint density at radius 2 is 1.78 bits per heavy atom. The van der Waals surface area contributed by atoms with Crippen LogP contribution in [0.25, 0.3) is 5.69 Å². The molecule has 140 valence electrons. The van der Waals surface area contributed by atoms with Crippen LogP contribution >= 0.6 is 27.7 Å². The lowest BCUT2D eigenvalue weighted by molar-refractivity contribution is -0.113. The minimum absolute atomic E-state index is 0.0686. The van der Waals surface area contributed by atoms with Gasteiger partial charge in [-0.3, -0.25) is 4.79 Å². The predicted octanol–water partition coefficient (Wildman–Crippen LogP) is 4.28. The van der Waals surface area contributed by atoms with E-state index in [-0.39, 0.29) is 11.7 Å². The van der Waals surface area contributed by atoms with Gasteiger partial charge in [0.15, 0.2) is 0 Å². The van der Waals surface area contributed by atoms with Crippen molar-refractivity contribution in [2.24, 2.45) is 0 Å². The fourth-order valence-electron chi connectivity index (χ4n) is 2.72. The third kappa shape index (κ3) is 4.75. The molecule has 0 radical (unpaired) electrons. The zero-order valence-corrected chi connectivity index (χ0v) is 17.5. The Labute approximate surface area is 170 Å². The Bertz CT molecular complexity index is 904. The summed E-state index contributed by atoms with van der Waals surface area (Å²) in [6.45, 7) is 4.18. The maximum absolute atomic E-state index is 12.5. The Morgan fingerprint density at radius 3 is 2.41 bits per heavy atom. The molecule has 0 aliphatic rings. The van der Waals surface area contributed by atoms with E-state index in [1.54, 1.807) is 4.68 Å². The number of rotatable bonds is 7. The van der Waals surface area contributed by atoms with Crippen LogP contribution in [0.4, 0.5) is 5.69 Å². The molecule has 0 unspecified atom stereocenters. The largest absolute Gasteiger partial charge is 0.325 e. The van der Waals surface area contributed by atoms with Crippen LogP contribution in [0.2, 0.25) is 0 Å². The van der Waals surface area contributed by atoms with Crippen LogP contribution < -0.4 is 5.32 Å². The molecule has 0 bridgehead atoms. The fourth-order valence-corrected chi connectivity index (χ4v) is 3.68. The summed E-state index contributed by atoms with van der Waals surface area (Å²) < 4.78 is 2.61. The van der Waals surface area contributed by atoms with E-state index < -0.39 is 0 Å². The van der Waals surface area contributed by atoms with E-state index in [0.717, 1.165) is 39.8 Å². The summed E-state index contributed by atoms with van der Waals surface area (Å²) in [6, 6.07) is 13.8. The zero-order chi connectivity index (χ0) is 19.2. The minimum atomic E-state index is -0.0686. The molecule has 0 saturated heterocycles. The van der Waals surface area contributed by atoms with Crippen molar-refractivity contribution in [2.75, 3.05) is 11.1 Å². The molecule has 0 spiro atoms. The van der Waals surface area contributed by atoms with Gasteiger partial charge in [-0.15, -0.1) is 5.10 Å². The number of halogens is 1. The van der Waals surface area contributed by atoms with Gasteiger partial charge in [0.05, 0.1) is 11.4 Å². The number of hydrogen-bond donors (Lipinski definition) is 1. The molecule has 1 N–H and O–H groups in total. The van der Waals surface area contributed by atoms with E-state index in [4.69, 9.17) is 0 Å². The average Bonchev–Trinajstić information content (AvgIpc) is 3.15. The number of aromatic nitrogens is 4. The van der Waals surface area contributed by atoms with E-state index >= 15 is 0 Å². The molecule has 3 aromatic rings. The third-order valence-corrected chi connectivity index (χ3v) is 5.56. The smallest absolute Gasteiger partial charge is 0.234 e. The number of carbonyl (C=O) groups excluding carboxylic acids is 1. The summed E-state index contributed by atoms with van der Waals surface area (Å²) in [4.78, 5) is 12.5. The topological polar surface area (TPSA) is 72.7 Å². The van der Waals surface area contributed by atoms with Crippen LogP contribution in [-0.4, -0.2) is 31.9 Å². The number of aryl methyl sites for hydroxylation is 2. The number of carbonyl (C=O) groups is 1. The van der Waals surface area contributed by atoms with Crippen molar-refractivity contribution in [3.63, 3.8) is 0 Å². The maximum Gasteiger partial charge on any atom is 0.234 e. The first-order valence-electron chi connectivity index (χ1n) is 8.70. The van der Waals surface area contributed by atoms with E-state index in [0.29, 0.717) is 5.16 Å². The molecule has 8 heteroatoms. The second-order valence-electron chi connectivity index (χ2n) is 5.84. The molecule has 2 aromatic carbocycles. The SMILES string of the molecule is CCc1cccc(CC)c1NC(=O)CSc1nnnn1-c1ccc(Br)cc1. The number of anilines is 1. The van der Waals surface area contributed by atoms with Gasteiger partial charge < -0.3 is 5.32 Å². The molecule has 3 rings (SSSR count). The van der Waals surface area contributed by atoms with Crippen molar-refractivity contribution in [2.45, 2.75) is 31.8 Å². The molecule has 0 atom stereocenters. The van der Waals surface area contributed by atoms with Crippen LogP contribution in [0.3, 0.4) is 0 Å². The third-order valence-electron chi connectivity index (χ3n) is 4.11. The number of hydrogen-bond acceptors (Lipinski definition) is 5. The quantitative estimate of drug-likeness (QED) is 0.549. The molecule has 1 aromatic heterocycles. The number of nitrogens with one attached hydrogen (secondary N) is 1. The van der Waals surface area contributed by atoms with Gasteiger partial charge in [-0.1, -0.05) is 59.7 Å². The van der Waals surface area contributed by atoms with Gasteiger partial charge in [-0.2, -0.15) is 4.68 Å². The van der Waals surface area contributed by atoms with Gasteiger partial charge in [0.1, 0.15) is 0 Å². The van der Waals surface area contributed by atoms with Crippen molar-refractivity contribution in [3.05, 3.63) is 58.1 Å². The van der Waals surface area contributed by atoms with Crippen LogP contribution in [0, 0.1) is 0 Å². The van der Waals surface area contributed by atoms with Gasteiger partial charge >= 0.3 is 0 Å². The van der Waals surface area contributed by atoms with Crippen LogP contribution in [0.5, 0.6) is 0 Å². The summed E-state index contributed by atoms with van der Waals surface area (Å²) in [5, 5.41) is 15.4. The summed E-state index contributed by atoms with van der Waals surface area (Å²) in [6.07, 6.45) is 1.75. The minimum Gasteiger partial charge on any atom is -0.325 e. The van der Waals surface area contributed by atoms with Crippen molar-refractivity contribution in [3.8, 4) is 5.69 Å². The second kappa shape index (κ2) is 9.14. The molecular formula is C19H20BrN5OS. The first-order chi connectivity index (χ1) is 13.1. The number of benzene rings is 2. The molecule has 27 heavy (non-hydrogen) atoms. The lowest BCUT2D eigenvalue weighted by atomic mass is 10.0. The number of tetrazole rings is 1. The van der Waals surface area contributed by atoms with Crippen LogP contribution in [0.1, 0.15) is 25.0 Å². The second-order valence-corrected chi connectivity index (χ2v) is 7.70. The molecule has 1 heterocycles. The zero-order valence-electron chi connectivity index (χ0n) is 15.1. The fraction of sp³-hybridized carbons (Fsp3) is 0.263. The van der Waals surface area contributed by atoms with E-state index in [1.165, 1.54) is 11.8 Å². The highest BCUT2D eigenvalue weighted by Crippen LogP contribution is 2.24. The predicted molar refractivity (Wildman–Crippen MR) is 111 cm³/mol. The Morgan fingerprint density at radius 1 is 1.11 bits per heavy atom. The molecule has 0 aliphatic carbocycles. The standard InChI is InChI=1S/C19H20BrN5OS/c1-3-13-6-5-7-14(4-2)18(13)21-17(26)12-27-19-22-23-24-25(19)16-10-8-15(20)9-11-16/h5-11H,3-4,12H2,1-2H3,(H,21,26). The highest BCUT2D eigenvalue weighted by Gasteiger charge is 2.14. The molecule has 6 nitrogen and oxygen atoms in total. The van der Waals surface area contributed by atoms with Crippen LogP contribution in [0.15, 0.2) is 52.1 Å². The monoisotopic (exact) mass is 445 g/mol. The number of nitrogens with zero attached hydrogens (tertiary/aromatic N) is 4. The molecule has 0 aliphatic heterocycles. The van der Waals surface area contributed by atoms with Gasteiger partial charge in [-0.25, -0.2) is 0 Å². The summed E-state index contributed by atoms with van der Waals surface area (Å²) in [5.74, 6) is 0.166. The number of thioether (sulfide) groups is 1. The van der Waals surface area contributed by atoms with Gasteiger partial charge in [0, 0.05) is 10.2 Å².